The van der Waals surface area contributed by atoms with Gasteiger partial charge in [-0.25, -0.2) is 4.79 Å². The maximum absolute atomic E-state index is 13.4. The van der Waals surface area contributed by atoms with Crippen LogP contribution in [0.3, 0.4) is 0 Å². The van der Waals surface area contributed by atoms with E-state index in [1.54, 1.807) is 11.8 Å². The summed E-state index contributed by atoms with van der Waals surface area (Å²) >= 11 is 1.59. The summed E-state index contributed by atoms with van der Waals surface area (Å²) in [5.41, 5.74) is 0.801. The average molecular weight is 491 g/mol. The van der Waals surface area contributed by atoms with Crippen LogP contribution in [0.25, 0.3) is 0 Å². The second-order valence-electron chi connectivity index (χ2n) is 8.77. The second kappa shape index (κ2) is 12.8. The van der Waals surface area contributed by atoms with Gasteiger partial charge in [-0.2, -0.15) is 11.8 Å². The van der Waals surface area contributed by atoms with E-state index in [0.29, 0.717) is 31.6 Å². The van der Waals surface area contributed by atoms with Gasteiger partial charge < -0.3 is 26.0 Å². The van der Waals surface area contributed by atoms with Crippen molar-refractivity contribution >= 4 is 35.5 Å². The summed E-state index contributed by atoms with van der Waals surface area (Å²) in [6, 6.07) is 6.25. The number of aliphatic carboxylic acids is 1. The van der Waals surface area contributed by atoms with Crippen molar-refractivity contribution in [2.45, 2.75) is 62.7 Å². The average Bonchev–Trinajstić information content (AvgIpc) is 3.54. The minimum absolute atomic E-state index is 0.156. The van der Waals surface area contributed by atoms with Crippen LogP contribution in [0.5, 0.6) is 0 Å². The van der Waals surface area contributed by atoms with E-state index in [-0.39, 0.29) is 24.3 Å². The van der Waals surface area contributed by atoms with Gasteiger partial charge in [0.25, 0.3) is 0 Å². The van der Waals surface area contributed by atoms with Crippen LogP contribution in [0.2, 0.25) is 0 Å². The third-order valence-electron chi connectivity index (χ3n) is 6.34. The number of benzene rings is 1. The Bertz CT molecular complexity index is 862. The van der Waals surface area contributed by atoms with Gasteiger partial charge in [0.2, 0.25) is 17.7 Å². The van der Waals surface area contributed by atoms with Gasteiger partial charge in [0.05, 0.1) is 6.04 Å². The zero-order valence-electron chi connectivity index (χ0n) is 19.5. The Hall–Kier alpha value is -2.59. The quantitative estimate of drug-likeness (QED) is 0.361. The van der Waals surface area contributed by atoms with Gasteiger partial charge in [0.15, 0.2) is 0 Å². The number of hydrogen-bond donors (Lipinski definition) is 4. The summed E-state index contributed by atoms with van der Waals surface area (Å²) in [7, 11) is 0. The molecule has 34 heavy (non-hydrogen) atoms. The lowest BCUT2D eigenvalue weighted by Crippen LogP contribution is -2.57. The van der Waals surface area contributed by atoms with E-state index in [0.717, 1.165) is 24.9 Å². The maximum atomic E-state index is 13.4. The molecular formula is C24H34N4O5S. The molecule has 1 aromatic carbocycles. The zero-order valence-corrected chi connectivity index (χ0v) is 20.3. The first-order chi connectivity index (χ1) is 16.4. The van der Waals surface area contributed by atoms with Crippen molar-refractivity contribution in [2.75, 3.05) is 25.1 Å². The molecule has 186 valence electrons. The Balaban J connectivity index is 1.66. The smallest absolute Gasteiger partial charge is 0.326 e. The highest BCUT2D eigenvalue weighted by atomic mass is 32.2. The molecule has 0 bridgehead atoms. The van der Waals surface area contributed by atoms with Gasteiger partial charge in [-0.05, 0) is 56.2 Å². The van der Waals surface area contributed by atoms with Crippen LogP contribution in [0.15, 0.2) is 30.3 Å². The number of rotatable bonds is 11. The van der Waals surface area contributed by atoms with Gasteiger partial charge in [-0.3, -0.25) is 14.4 Å². The number of amides is 3. The van der Waals surface area contributed by atoms with E-state index in [1.807, 2.05) is 36.6 Å². The Morgan fingerprint density at radius 3 is 2.47 bits per heavy atom. The summed E-state index contributed by atoms with van der Waals surface area (Å²) in [6.45, 7) is 1.18. The number of nitrogens with one attached hydrogen (secondary N) is 3. The molecule has 0 aliphatic carbocycles. The highest BCUT2D eigenvalue weighted by Gasteiger charge is 2.39. The highest BCUT2D eigenvalue weighted by Crippen LogP contribution is 2.20. The van der Waals surface area contributed by atoms with Gasteiger partial charge in [-0.15, -0.1) is 0 Å². The van der Waals surface area contributed by atoms with Crippen LogP contribution in [0.4, 0.5) is 0 Å². The van der Waals surface area contributed by atoms with E-state index in [1.165, 1.54) is 4.90 Å². The van der Waals surface area contributed by atoms with E-state index in [2.05, 4.69) is 16.0 Å². The fraction of sp³-hybridized carbons (Fsp3) is 0.583. The molecule has 4 unspecified atom stereocenters. The number of carbonyl (C=O) groups excluding carboxylic acids is 3. The number of likely N-dealkylation sites (tertiary alicyclic amines) is 1. The summed E-state index contributed by atoms with van der Waals surface area (Å²) in [4.78, 5) is 52.4. The molecule has 3 amide bonds. The topological polar surface area (TPSA) is 128 Å². The number of carbonyl (C=O) groups is 4. The fourth-order valence-electron chi connectivity index (χ4n) is 4.49. The SMILES string of the molecule is CSCCC(NC(=O)C1CCCN1)C(=O)N1CCCC1C(=O)NC(Cc1ccccc1)C(=O)O. The Labute approximate surface area is 204 Å². The van der Waals surface area contributed by atoms with Crippen LogP contribution in [0, 0.1) is 0 Å². The van der Waals surface area contributed by atoms with Crippen LogP contribution < -0.4 is 16.0 Å². The first kappa shape index (κ1) is 26.0. The molecule has 2 heterocycles. The van der Waals surface area contributed by atoms with Crippen LogP contribution in [-0.2, 0) is 25.6 Å². The highest BCUT2D eigenvalue weighted by molar-refractivity contribution is 7.98. The monoisotopic (exact) mass is 490 g/mol. The molecule has 3 rings (SSSR count). The van der Waals surface area contributed by atoms with Gasteiger partial charge >= 0.3 is 5.97 Å². The Morgan fingerprint density at radius 2 is 1.82 bits per heavy atom. The summed E-state index contributed by atoms with van der Waals surface area (Å²) in [5.74, 6) is -1.37. The minimum atomic E-state index is -1.12. The fourth-order valence-corrected chi connectivity index (χ4v) is 4.97. The summed E-state index contributed by atoms with van der Waals surface area (Å²) in [5, 5.41) is 18.3. The number of carboxylic acid groups (broad SMARTS) is 1. The molecule has 4 atom stereocenters. The zero-order chi connectivity index (χ0) is 24.5. The predicted octanol–water partition coefficient (Wildman–Crippen LogP) is 0.779. The standard InChI is InChI=1S/C24H34N4O5S/c1-34-14-11-18(26-21(29)17-9-5-12-25-17)23(31)28-13-6-10-20(28)22(30)27-19(24(32)33)15-16-7-3-2-4-8-16/h2-4,7-8,17-20,25H,5-6,9-15H2,1H3,(H,26,29)(H,27,30)(H,32,33). The molecule has 0 radical (unpaired) electrons. The molecule has 2 aliphatic heterocycles. The Morgan fingerprint density at radius 1 is 1.09 bits per heavy atom. The van der Waals surface area contributed by atoms with Crippen LogP contribution in [-0.4, -0.2) is 83.0 Å². The lowest BCUT2D eigenvalue weighted by Gasteiger charge is -2.30. The number of nitrogens with zero attached hydrogens (tertiary/aromatic N) is 1. The molecule has 2 saturated heterocycles. The Kier molecular flexibility index (Phi) is 9.76. The summed E-state index contributed by atoms with van der Waals surface area (Å²) in [6.07, 6.45) is 5.33. The molecule has 2 aliphatic rings. The van der Waals surface area contributed by atoms with E-state index >= 15 is 0 Å². The van der Waals surface area contributed by atoms with Crippen LogP contribution in [0.1, 0.15) is 37.7 Å². The van der Waals surface area contributed by atoms with Crippen molar-refractivity contribution in [1.29, 1.82) is 0 Å². The first-order valence-corrected chi connectivity index (χ1v) is 13.2. The molecule has 4 N–H and O–H groups in total. The maximum Gasteiger partial charge on any atom is 0.326 e. The molecule has 2 fully saturated rings. The van der Waals surface area contributed by atoms with E-state index in [4.69, 9.17) is 0 Å². The van der Waals surface area contributed by atoms with E-state index in [9.17, 15) is 24.3 Å². The molecule has 0 spiro atoms. The molecule has 0 saturated carbocycles. The van der Waals surface area contributed by atoms with Crippen molar-refractivity contribution in [1.82, 2.24) is 20.9 Å². The third-order valence-corrected chi connectivity index (χ3v) is 6.98. The predicted molar refractivity (Wildman–Crippen MR) is 130 cm³/mol. The van der Waals surface area contributed by atoms with Gasteiger partial charge in [0, 0.05) is 13.0 Å². The molecular weight excluding hydrogens is 456 g/mol. The van der Waals surface area contributed by atoms with Crippen molar-refractivity contribution in [3.05, 3.63) is 35.9 Å². The lowest BCUT2D eigenvalue weighted by atomic mass is 10.0. The number of thioether (sulfide) groups is 1. The normalized spacial score (nSPS) is 21.6. The van der Waals surface area contributed by atoms with Crippen LogP contribution >= 0.6 is 11.8 Å². The number of hydrogen-bond acceptors (Lipinski definition) is 6. The third kappa shape index (κ3) is 6.96. The lowest BCUT2D eigenvalue weighted by molar-refractivity contribution is -0.145. The van der Waals surface area contributed by atoms with Gasteiger partial charge in [-0.1, -0.05) is 30.3 Å². The van der Waals surface area contributed by atoms with Crippen molar-refractivity contribution in [3.63, 3.8) is 0 Å². The summed E-state index contributed by atoms with van der Waals surface area (Å²) < 4.78 is 0. The molecule has 1 aromatic rings. The molecule has 10 heteroatoms. The van der Waals surface area contributed by atoms with Crippen molar-refractivity contribution in [2.24, 2.45) is 0 Å². The van der Waals surface area contributed by atoms with Gasteiger partial charge in [0.1, 0.15) is 18.1 Å². The molecule has 9 nitrogen and oxygen atoms in total. The minimum Gasteiger partial charge on any atom is -0.480 e. The first-order valence-electron chi connectivity index (χ1n) is 11.8. The van der Waals surface area contributed by atoms with Crippen molar-refractivity contribution < 1.29 is 24.3 Å². The molecule has 0 aromatic heterocycles. The second-order valence-corrected chi connectivity index (χ2v) is 9.76. The number of carboxylic acids is 1. The largest absolute Gasteiger partial charge is 0.480 e. The van der Waals surface area contributed by atoms with Crippen molar-refractivity contribution in [3.8, 4) is 0 Å². The van der Waals surface area contributed by atoms with E-state index < -0.39 is 30.0 Å².